The summed E-state index contributed by atoms with van der Waals surface area (Å²) in [5, 5.41) is 2.05. The van der Waals surface area contributed by atoms with Gasteiger partial charge in [-0.15, -0.1) is 0 Å². The van der Waals surface area contributed by atoms with E-state index in [1.807, 2.05) is 5.06 Å². The minimum atomic E-state index is -0.479. The molecule has 0 aliphatic rings. The van der Waals surface area contributed by atoms with E-state index in [0.717, 1.165) is 44.7 Å². The highest BCUT2D eigenvalue weighted by Gasteiger charge is 2.28. The van der Waals surface area contributed by atoms with Gasteiger partial charge in [-0.2, -0.15) is 5.06 Å². The summed E-state index contributed by atoms with van der Waals surface area (Å²) >= 11 is 0. The molecular formula is C18H41NO6P2. The average Bonchev–Trinajstić information content (AvgIpc) is 2.72. The molecule has 164 valence electrons. The van der Waals surface area contributed by atoms with Gasteiger partial charge >= 0.3 is 0 Å². The molecule has 27 heavy (non-hydrogen) atoms. The SMILES string of the molecule is CCC(OC)(OC)PCCN(CCPC(CC)(OC)OC)OCCCOC. The van der Waals surface area contributed by atoms with Crippen LogP contribution in [0.2, 0.25) is 0 Å². The summed E-state index contributed by atoms with van der Waals surface area (Å²) in [6.07, 6.45) is 4.44. The van der Waals surface area contributed by atoms with Crippen LogP contribution in [0.5, 0.6) is 0 Å². The van der Waals surface area contributed by atoms with Crippen LogP contribution in [0, 0.1) is 0 Å². The fraction of sp³-hybridized carbons (Fsp3) is 1.00. The van der Waals surface area contributed by atoms with Crippen LogP contribution >= 0.6 is 17.2 Å². The Morgan fingerprint density at radius 1 is 0.704 bits per heavy atom. The van der Waals surface area contributed by atoms with Crippen molar-refractivity contribution in [3.8, 4) is 0 Å². The zero-order valence-corrected chi connectivity index (χ0v) is 20.3. The van der Waals surface area contributed by atoms with Crippen LogP contribution in [-0.4, -0.2) is 90.3 Å². The van der Waals surface area contributed by atoms with E-state index in [4.69, 9.17) is 28.5 Å². The molecule has 0 saturated heterocycles. The molecule has 0 saturated carbocycles. The number of hydrogen-bond acceptors (Lipinski definition) is 7. The molecule has 9 heteroatoms. The lowest BCUT2D eigenvalue weighted by molar-refractivity contribution is -0.157. The highest BCUT2D eigenvalue weighted by Crippen LogP contribution is 2.37. The molecule has 2 atom stereocenters. The number of rotatable bonds is 19. The van der Waals surface area contributed by atoms with Crippen molar-refractivity contribution in [2.24, 2.45) is 0 Å². The van der Waals surface area contributed by atoms with Crippen molar-refractivity contribution in [3.63, 3.8) is 0 Å². The second-order valence-corrected chi connectivity index (χ2v) is 9.22. The minimum Gasteiger partial charge on any atom is -0.385 e. The minimum absolute atomic E-state index is 0.479. The fourth-order valence-corrected chi connectivity index (χ4v) is 5.22. The topological polar surface area (TPSA) is 58.6 Å². The molecule has 0 aromatic rings. The van der Waals surface area contributed by atoms with E-state index in [1.165, 1.54) is 0 Å². The first-order valence-electron chi connectivity index (χ1n) is 9.58. The van der Waals surface area contributed by atoms with Crippen molar-refractivity contribution in [1.82, 2.24) is 5.06 Å². The third-order valence-electron chi connectivity index (χ3n) is 4.53. The molecule has 7 nitrogen and oxygen atoms in total. The maximum absolute atomic E-state index is 5.97. The van der Waals surface area contributed by atoms with Crippen LogP contribution in [0.15, 0.2) is 0 Å². The lowest BCUT2D eigenvalue weighted by atomic mass is 10.5. The lowest BCUT2D eigenvalue weighted by Crippen LogP contribution is -2.34. The molecule has 0 fully saturated rings. The summed E-state index contributed by atoms with van der Waals surface area (Å²) in [6, 6.07) is 0. The number of hydrogen-bond donors (Lipinski definition) is 0. The van der Waals surface area contributed by atoms with Crippen molar-refractivity contribution in [1.29, 1.82) is 0 Å². The van der Waals surface area contributed by atoms with Crippen LogP contribution in [0.1, 0.15) is 33.1 Å². The molecule has 0 aliphatic carbocycles. The van der Waals surface area contributed by atoms with Crippen LogP contribution in [0.3, 0.4) is 0 Å². The average molecular weight is 429 g/mol. The van der Waals surface area contributed by atoms with E-state index >= 15 is 0 Å². The summed E-state index contributed by atoms with van der Waals surface area (Å²) in [4.78, 5) is 5.97. The highest BCUT2D eigenvalue weighted by molar-refractivity contribution is 7.39. The maximum atomic E-state index is 5.97. The van der Waals surface area contributed by atoms with E-state index in [1.54, 1.807) is 35.5 Å². The summed E-state index contributed by atoms with van der Waals surface area (Å²) < 4.78 is 27.4. The van der Waals surface area contributed by atoms with Crippen molar-refractivity contribution in [2.45, 2.75) is 44.2 Å². The summed E-state index contributed by atoms with van der Waals surface area (Å²) in [5.41, 5.74) is -0.958. The van der Waals surface area contributed by atoms with Gasteiger partial charge in [0, 0.05) is 68.1 Å². The summed E-state index contributed by atoms with van der Waals surface area (Å²) in [6.45, 7) is 7.20. The Kier molecular flexibility index (Phi) is 16.7. The lowest BCUT2D eigenvalue weighted by Gasteiger charge is -2.32. The Morgan fingerprint density at radius 3 is 1.48 bits per heavy atom. The van der Waals surface area contributed by atoms with Gasteiger partial charge in [0.15, 0.2) is 11.1 Å². The van der Waals surface area contributed by atoms with E-state index in [-0.39, 0.29) is 0 Å². The van der Waals surface area contributed by atoms with E-state index in [0.29, 0.717) is 30.4 Å². The Balaban J connectivity index is 4.54. The number of methoxy groups -OCH3 is 5. The molecule has 0 N–H and O–H groups in total. The maximum Gasteiger partial charge on any atom is 0.182 e. The smallest absolute Gasteiger partial charge is 0.182 e. The van der Waals surface area contributed by atoms with E-state index < -0.39 is 11.1 Å². The molecule has 0 radical (unpaired) electrons. The molecule has 0 aromatic carbocycles. The first-order valence-corrected chi connectivity index (χ1v) is 12.0. The predicted octanol–water partition coefficient (Wildman–Crippen LogP) is 3.33. The van der Waals surface area contributed by atoms with Gasteiger partial charge in [0.25, 0.3) is 0 Å². The number of hydroxylamine groups is 2. The third kappa shape index (κ3) is 10.8. The molecule has 2 unspecified atom stereocenters. The monoisotopic (exact) mass is 429 g/mol. The second kappa shape index (κ2) is 16.4. The molecule has 0 bridgehead atoms. The van der Waals surface area contributed by atoms with Gasteiger partial charge in [-0.1, -0.05) is 31.0 Å². The predicted molar refractivity (Wildman–Crippen MR) is 114 cm³/mol. The molecule has 0 aromatic heterocycles. The van der Waals surface area contributed by atoms with Crippen LogP contribution in [-0.2, 0) is 28.5 Å². The highest BCUT2D eigenvalue weighted by atomic mass is 31.1. The Morgan fingerprint density at radius 2 is 1.15 bits per heavy atom. The quantitative estimate of drug-likeness (QED) is 0.135. The Hall–Kier alpha value is 0.580. The van der Waals surface area contributed by atoms with Crippen LogP contribution < -0.4 is 0 Å². The summed E-state index contributed by atoms with van der Waals surface area (Å²) in [5.74, 6) is 0. The van der Waals surface area contributed by atoms with Crippen molar-refractivity contribution in [3.05, 3.63) is 0 Å². The molecule has 0 aliphatic heterocycles. The molecule has 0 rings (SSSR count). The third-order valence-corrected chi connectivity index (χ3v) is 8.08. The number of ether oxygens (including phenoxy) is 5. The second-order valence-electron chi connectivity index (χ2n) is 5.99. The summed E-state index contributed by atoms with van der Waals surface area (Å²) in [7, 11) is 9.64. The van der Waals surface area contributed by atoms with Gasteiger partial charge in [-0.3, -0.25) is 4.84 Å². The van der Waals surface area contributed by atoms with Gasteiger partial charge < -0.3 is 23.7 Å². The standard InChI is InChI=1S/C18H41NO6P2/c1-8-17(21-4,22-5)26-15-11-19(25-14-10-13-20-3)12-16-27-18(9-2,23-6)24-7/h26-27H,8-16H2,1-7H3. The van der Waals surface area contributed by atoms with Gasteiger partial charge in [0.2, 0.25) is 0 Å². The Bertz CT molecular complexity index is 301. The molecular weight excluding hydrogens is 388 g/mol. The fourth-order valence-electron chi connectivity index (χ4n) is 2.66. The normalized spacial score (nSPS) is 13.8. The van der Waals surface area contributed by atoms with E-state index in [9.17, 15) is 0 Å². The van der Waals surface area contributed by atoms with Gasteiger partial charge in [0.05, 0.1) is 6.61 Å². The van der Waals surface area contributed by atoms with Crippen molar-refractivity contribution >= 4 is 17.2 Å². The Labute approximate surface area is 169 Å². The zero-order chi connectivity index (χ0) is 20.6. The largest absolute Gasteiger partial charge is 0.385 e. The molecule has 0 heterocycles. The van der Waals surface area contributed by atoms with E-state index in [2.05, 4.69) is 13.8 Å². The van der Waals surface area contributed by atoms with Gasteiger partial charge in [-0.05, 0) is 18.7 Å². The first kappa shape index (κ1) is 27.6. The number of nitrogens with zero attached hydrogens (tertiary/aromatic N) is 1. The van der Waals surface area contributed by atoms with Crippen molar-refractivity contribution in [2.75, 3.05) is 74.2 Å². The van der Waals surface area contributed by atoms with Crippen LogP contribution in [0.4, 0.5) is 0 Å². The van der Waals surface area contributed by atoms with Gasteiger partial charge in [0.1, 0.15) is 0 Å². The first-order chi connectivity index (χ1) is 13.0. The van der Waals surface area contributed by atoms with Crippen LogP contribution in [0.25, 0.3) is 0 Å². The molecule has 0 amide bonds. The van der Waals surface area contributed by atoms with Gasteiger partial charge in [-0.25, -0.2) is 0 Å². The van der Waals surface area contributed by atoms with Crippen molar-refractivity contribution < 1.29 is 28.5 Å². The molecule has 0 spiro atoms. The zero-order valence-electron chi connectivity index (χ0n) is 18.3.